The molecule has 0 fully saturated rings. The van der Waals surface area contributed by atoms with Gasteiger partial charge in [-0.1, -0.05) is 17.7 Å². The molecule has 1 atom stereocenters. The average molecular weight is 274 g/mol. The van der Waals surface area contributed by atoms with Crippen LogP contribution in [0.5, 0.6) is 0 Å². The van der Waals surface area contributed by atoms with Crippen LogP contribution in [0.3, 0.4) is 0 Å². The molecule has 0 aliphatic carbocycles. The van der Waals surface area contributed by atoms with E-state index in [4.69, 9.17) is 16.7 Å². The minimum Gasteiger partial charge on any atom is -0.393 e. The first-order valence-electron chi connectivity index (χ1n) is 5.35. The van der Waals surface area contributed by atoms with E-state index in [1.165, 1.54) is 23.9 Å². The van der Waals surface area contributed by atoms with Gasteiger partial charge in [0.1, 0.15) is 10.6 Å². The SMILES string of the molecule is C=CCn1ncc(NCC(C)(O)CO)c(Cl)c1=O. The molecule has 18 heavy (non-hydrogen) atoms. The van der Waals surface area contributed by atoms with Crippen LogP contribution in [-0.2, 0) is 6.54 Å². The molecular formula is C11H16ClN3O3. The Morgan fingerprint density at radius 3 is 2.94 bits per heavy atom. The predicted molar refractivity (Wildman–Crippen MR) is 69.9 cm³/mol. The Bertz CT molecular complexity index is 485. The number of anilines is 1. The summed E-state index contributed by atoms with van der Waals surface area (Å²) in [6, 6.07) is 0. The Hall–Kier alpha value is -1.37. The molecule has 1 unspecified atom stereocenters. The Labute approximate surface area is 110 Å². The number of aliphatic hydroxyl groups is 2. The maximum Gasteiger partial charge on any atom is 0.287 e. The molecule has 1 heterocycles. The molecule has 3 N–H and O–H groups in total. The fourth-order valence-electron chi connectivity index (χ4n) is 1.18. The summed E-state index contributed by atoms with van der Waals surface area (Å²) in [7, 11) is 0. The molecule has 1 aromatic rings. The van der Waals surface area contributed by atoms with Gasteiger partial charge in [-0.05, 0) is 6.92 Å². The van der Waals surface area contributed by atoms with Crippen LogP contribution in [0.4, 0.5) is 5.69 Å². The highest BCUT2D eigenvalue weighted by molar-refractivity contribution is 6.32. The third-order valence-electron chi connectivity index (χ3n) is 2.29. The number of allylic oxidation sites excluding steroid dienone is 1. The molecule has 0 amide bonds. The van der Waals surface area contributed by atoms with E-state index in [1.54, 1.807) is 0 Å². The van der Waals surface area contributed by atoms with E-state index in [2.05, 4.69) is 17.0 Å². The molecule has 0 saturated carbocycles. The fourth-order valence-corrected chi connectivity index (χ4v) is 1.40. The summed E-state index contributed by atoms with van der Waals surface area (Å²) in [4.78, 5) is 11.7. The first-order valence-corrected chi connectivity index (χ1v) is 5.72. The van der Waals surface area contributed by atoms with Gasteiger partial charge in [0, 0.05) is 6.54 Å². The summed E-state index contributed by atoms with van der Waals surface area (Å²) >= 11 is 5.89. The Balaban J connectivity index is 2.89. The maximum absolute atomic E-state index is 11.7. The van der Waals surface area contributed by atoms with Gasteiger partial charge < -0.3 is 15.5 Å². The number of hydrogen-bond acceptors (Lipinski definition) is 5. The van der Waals surface area contributed by atoms with Crippen LogP contribution >= 0.6 is 11.6 Å². The second kappa shape index (κ2) is 5.99. The summed E-state index contributed by atoms with van der Waals surface area (Å²) in [6.45, 7) is 4.89. The highest BCUT2D eigenvalue weighted by atomic mass is 35.5. The Morgan fingerprint density at radius 2 is 2.39 bits per heavy atom. The van der Waals surface area contributed by atoms with Crippen molar-refractivity contribution in [3.8, 4) is 0 Å². The van der Waals surface area contributed by atoms with Crippen molar-refractivity contribution in [3.63, 3.8) is 0 Å². The van der Waals surface area contributed by atoms with Gasteiger partial charge in [0.05, 0.1) is 25.0 Å². The topological polar surface area (TPSA) is 87.4 Å². The molecule has 7 heteroatoms. The molecule has 6 nitrogen and oxygen atoms in total. The van der Waals surface area contributed by atoms with Crippen LogP contribution in [-0.4, -0.2) is 38.7 Å². The second-order valence-electron chi connectivity index (χ2n) is 4.16. The zero-order valence-electron chi connectivity index (χ0n) is 10.1. The molecule has 0 bridgehead atoms. The van der Waals surface area contributed by atoms with Gasteiger partial charge in [0.15, 0.2) is 0 Å². The zero-order chi connectivity index (χ0) is 13.8. The van der Waals surface area contributed by atoms with Gasteiger partial charge in [-0.15, -0.1) is 6.58 Å². The summed E-state index contributed by atoms with van der Waals surface area (Å²) in [5.41, 5.74) is -1.42. The van der Waals surface area contributed by atoms with Crippen LogP contribution in [0, 0.1) is 0 Å². The van der Waals surface area contributed by atoms with Crippen molar-refractivity contribution in [1.29, 1.82) is 0 Å². The third-order valence-corrected chi connectivity index (χ3v) is 2.65. The van der Waals surface area contributed by atoms with E-state index in [0.717, 1.165) is 0 Å². The first kappa shape index (κ1) is 14.7. The summed E-state index contributed by atoms with van der Waals surface area (Å²) in [5, 5.41) is 25.2. The van der Waals surface area contributed by atoms with E-state index in [9.17, 15) is 9.90 Å². The lowest BCUT2D eigenvalue weighted by atomic mass is 10.1. The predicted octanol–water partition coefficient (Wildman–Crippen LogP) is 0.238. The molecule has 0 saturated heterocycles. The lowest BCUT2D eigenvalue weighted by Gasteiger charge is -2.21. The van der Waals surface area contributed by atoms with Crippen molar-refractivity contribution >= 4 is 17.3 Å². The molecule has 100 valence electrons. The van der Waals surface area contributed by atoms with Crippen molar-refractivity contribution < 1.29 is 10.2 Å². The summed E-state index contributed by atoms with van der Waals surface area (Å²) in [5.74, 6) is 0. The van der Waals surface area contributed by atoms with Crippen molar-refractivity contribution in [3.05, 3.63) is 34.2 Å². The number of halogens is 1. The van der Waals surface area contributed by atoms with E-state index in [0.29, 0.717) is 5.69 Å². The highest BCUT2D eigenvalue weighted by Crippen LogP contribution is 2.16. The van der Waals surface area contributed by atoms with E-state index in [-0.39, 0.29) is 18.1 Å². The molecule has 0 aromatic carbocycles. The van der Waals surface area contributed by atoms with Crippen LogP contribution in [0.2, 0.25) is 5.02 Å². The molecule has 0 radical (unpaired) electrons. The summed E-state index contributed by atoms with van der Waals surface area (Å²) in [6.07, 6.45) is 2.93. The molecule has 0 spiro atoms. The van der Waals surface area contributed by atoms with Gasteiger partial charge in [-0.3, -0.25) is 4.79 Å². The fraction of sp³-hybridized carbons (Fsp3) is 0.455. The molecule has 0 aliphatic heterocycles. The maximum atomic E-state index is 11.7. The minimum atomic E-state index is -1.29. The van der Waals surface area contributed by atoms with Crippen LogP contribution in [0.25, 0.3) is 0 Å². The van der Waals surface area contributed by atoms with E-state index >= 15 is 0 Å². The van der Waals surface area contributed by atoms with Gasteiger partial charge in [-0.2, -0.15) is 5.10 Å². The largest absolute Gasteiger partial charge is 0.393 e. The Morgan fingerprint density at radius 1 is 1.72 bits per heavy atom. The van der Waals surface area contributed by atoms with E-state index < -0.39 is 17.8 Å². The van der Waals surface area contributed by atoms with Crippen LogP contribution in [0.1, 0.15) is 6.92 Å². The van der Waals surface area contributed by atoms with Crippen LogP contribution in [0.15, 0.2) is 23.6 Å². The smallest absolute Gasteiger partial charge is 0.287 e. The molecule has 0 aliphatic rings. The van der Waals surface area contributed by atoms with Crippen molar-refractivity contribution in [1.82, 2.24) is 9.78 Å². The molecule has 1 rings (SSSR count). The number of aromatic nitrogens is 2. The number of rotatable bonds is 6. The number of aliphatic hydroxyl groups excluding tert-OH is 1. The third kappa shape index (κ3) is 3.56. The lowest BCUT2D eigenvalue weighted by Crippen LogP contribution is -2.37. The molecule has 1 aromatic heterocycles. The average Bonchev–Trinajstić information content (AvgIpc) is 2.34. The number of hydrogen-bond donors (Lipinski definition) is 3. The standard InChI is InChI=1S/C11H16ClN3O3/c1-3-4-15-10(17)9(12)8(5-14-15)13-6-11(2,18)7-16/h3,5,13,16,18H,1,4,6-7H2,2H3. The monoisotopic (exact) mass is 273 g/mol. The quantitative estimate of drug-likeness (QED) is 0.646. The summed E-state index contributed by atoms with van der Waals surface area (Å²) < 4.78 is 1.17. The zero-order valence-corrected chi connectivity index (χ0v) is 10.8. The number of nitrogens with zero attached hydrogens (tertiary/aromatic N) is 2. The Kier molecular flexibility index (Phi) is 4.89. The van der Waals surface area contributed by atoms with Crippen molar-refractivity contribution in [2.75, 3.05) is 18.5 Å². The lowest BCUT2D eigenvalue weighted by molar-refractivity contribution is 0.0132. The van der Waals surface area contributed by atoms with Crippen molar-refractivity contribution in [2.24, 2.45) is 0 Å². The second-order valence-corrected chi connectivity index (χ2v) is 4.53. The van der Waals surface area contributed by atoms with Gasteiger partial charge >= 0.3 is 0 Å². The van der Waals surface area contributed by atoms with Gasteiger partial charge in [0.25, 0.3) is 5.56 Å². The highest BCUT2D eigenvalue weighted by Gasteiger charge is 2.19. The number of nitrogens with one attached hydrogen (secondary N) is 1. The first-order chi connectivity index (χ1) is 8.41. The minimum absolute atomic E-state index is 0.0133. The van der Waals surface area contributed by atoms with Crippen molar-refractivity contribution in [2.45, 2.75) is 19.1 Å². The van der Waals surface area contributed by atoms with Crippen LogP contribution < -0.4 is 10.9 Å². The van der Waals surface area contributed by atoms with Gasteiger partial charge in [-0.25, -0.2) is 4.68 Å². The van der Waals surface area contributed by atoms with Gasteiger partial charge in [0.2, 0.25) is 0 Å². The normalized spacial score (nSPS) is 14.0. The van der Waals surface area contributed by atoms with E-state index in [1.807, 2.05) is 0 Å². The molecular weight excluding hydrogens is 258 g/mol.